The fraction of sp³-hybridized carbons (Fsp3) is 0.375. The van der Waals surface area contributed by atoms with Crippen molar-refractivity contribution in [1.29, 1.82) is 0 Å². The molecule has 0 N–H and O–H groups in total. The molecule has 1 heterocycles. The molecule has 0 saturated carbocycles. The van der Waals surface area contributed by atoms with Gasteiger partial charge >= 0.3 is 0 Å². The Hall–Kier alpha value is -0.850. The van der Waals surface area contributed by atoms with Crippen LogP contribution in [0.15, 0.2) is 27.6 Å². The van der Waals surface area contributed by atoms with Gasteiger partial charge in [0.15, 0.2) is 0 Å². The van der Waals surface area contributed by atoms with Gasteiger partial charge < -0.3 is 4.74 Å². The molecule has 1 aliphatic heterocycles. The molecule has 1 aliphatic rings. The molecule has 0 atom stereocenters. The highest BCUT2D eigenvalue weighted by atomic mass is 79.9. The normalized spacial score (nSPS) is 16.7. The van der Waals surface area contributed by atoms with Crippen LogP contribution in [0.5, 0.6) is 5.75 Å². The molecule has 0 bridgehead atoms. The summed E-state index contributed by atoms with van der Waals surface area (Å²) in [5.41, 5.74) is 0.889. The molecule has 0 spiro atoms. The van der Waals surface area contributed by atoms with Crippen molar-refractivity contribution in [2.24, 2.45) is 0 Å². The summed E-state index contributed by atoms with van der Waals surface area (Å²) in [5, 5.41) is 0. The number of hydrogen-bond donors (Lipinski definition) is 0. The summed E-state index contributed by atoms with van der Waals surface area (Å²) in [7, 11) is 0. The number of amides is 1. The van der Waals surface area contributed by atoms with Crippen LogP contribution in [0.2, 0.25) is 0 Å². The average Bonchev–Trinajstić information content (AvgIpc) is 2.74. The molecule has 1 amide bonds. The highest BCUT2D eigenvalue weighted by molar-refractivity contribution is 9.10. The van der Waals surface area contributed by atoms with E-state index in [0.29, 0.717) is 22.4 Å². The zero-order valence-electron chi connectivity index (χ0n) is 12.6. The predicted molar refractivity (Wildman–Crippen MR) is 100 cm³/mol. The number of nitrogens with zero attached hydrogens (tertiary/aromatic N) is 1. The number of benzene rings is 1. The minimum Gasteiger partial charge on any atom is -0.493 e. The fourth-order valence-corrected chi connectivity index (χ4v) is 3.71. The third-order valence-electron chi connectivity index (χ3n) is 3.04. The fourth-order valence-electron chi connectivity index (χ4n) is 2.03. The lowest BCUT2D eigenvalue weighted by Crippen LogP contribution is -2.28. The summed E-state index contributed by atoms with van der Waals surface area (Å²) < 4.78 is 7.33. The molecule has 1 saturated heterocycles. The monoisotopic (exact) mass is 399 g/mol. The highest BCUT2D eigenvalue weighted by Gasteiger charge is 2.31. The molecule has 22 heavy (non-hydrogen) atoms. The molecule has 0 unspecified atom stereocenters. The van der Waals surface area contributed by atoms with E-state index in [1.165, 1.54) is 11.8 Å². The number of carbonyl (C=O) groups excluding carboxylic acids is 1. The molecular formula is C16H18BrNO2S2. The molecule has 0 radical (unpaired) electrons. The van der Waals surface area contributed by atoms with E-state index in [0.717, 1.165) is 28.6 Å². The predicted octanol–water partition coefficient (Wildman–Crippen LogP) is 4.85. The molecule has 2 rings (SSSR count). The van der Waals surface area contributed by atoms with E-state index in [4.69, 9.17) is 17.0 Å². The Labute approximate surface area is 149 Å². The standard InChI is InChI=1S/C16H18BrNO2S2/c1-3-7-18-15(19)14(22-16(18)21)10-11-9-12(17)5-6-13(11)20-8-4-2/h5-6,9-10H,3-4,7-8H2,1-2H3/b14-10-. The summed E-state index contributed by atoms with van der Waals surface area (Å²) in [4.78, 5) is 14.7. The Bertz CT molecular complexity index is 616. The number of hydrogen-bond acceptors (Lipinski definition) is 4. The van der Waals surface area contributed by atoms with Crippen molar-refractivity contribution < 1.29 is 9.53 Å². The number of halogens is 1. The van der Waals surface area contributed by atoms with E-state index < -0.39 is 0 Å². The Balaban J connectivity index is 2.30. The van der Waals surface area contributed by atoms with E-state index in [9.17, 15) is 4.79 Å². The Morgan fingerprint density at radius 3 is 2.82 bits per heavy atom. The van der Waals surface area contributed by atoms with Crippen LogP contribution < -0.4 is 4.74 Å². The Morgan fingerprint density at radius 1 is 1.36 bits per heavy atom. The summed E-state index contributed by atoms with van der Waals surface area (Å²) in [6.45, 7) is 5.42. The largest absolute Gasteiger partial charge is 0.493 e. The summed E-state index contributed by atoms with van der Waals surface area (Å²) in [5.74, 6) is 0.768. The minimum atomic E-state index is -0.0155. The summed E-state index contributed by atoms with van der Waals surface area (Å²) in [6, 6.07) is 5.81. The first kappa shape index (κ1) is 17.5. The maximum absolute atomic E-state index is 12.4. The lowest BCUT2D eigenvalue weighted by Gasteiger charge is -2.12. The van der Waals surface area contributed by atoms with E-state index in [-0.39, 0.29) is 5.91 Å². The number of thioether (sulfide) groups is 1. The third kappa shape index (κ3) is 4.12. The second kappa shape index (κ2) is 8.13. The van der Waals surface area contributed by atoms with Gasteiger partial charge in [-0.05, 0) is 37.1 Å². The van der Waals surface area contributed by atoms with Crippen LogP contribution in [0.4, 0.5) is 0 Å². The number of rotatable bonds is 6. The number of ether oxygens (including phenoxy) is 1. The van der Waals surface area contributed by atoms with Crippen LogP contribution in [0.3, 0.4) is 0 Å². The SMILES string of the molecule is CCCOc1ccc(Br)cc1/C=C1\SC(=S)N(CCC)C1=O. The van der Waals surface area contributed by atoms with Crippen LogP contribution in [-0.4, -0.2) is 28.3 Å². The van der Waals surface area contributed by atoms with E-state index in [1.54, 1.807) is 4.90 Å². The van der Waals surface area contributed by atoms with E-state index >= 15 is 0 Å². The van der Waals surface area contributed by atoms with Crippen molar-refractivity contribution in [1.82, 2.24) is 4.90 Å². The molecular weight excluding hydrogens is 382 g/mol. The molecule has 1 fully saturated rings. The van der Waals surface area contributed by atoms with Crippen LogP contribution in [0, 0.1) is 0 Å². The third-order valence-corrected chi connectivity index (χ3v) is 4.91. The van der Waals surface area contributed by atoms with Crippen LogP contribution in [0.25, 0.3) is 6.08 Å². The van der Waals surface area contributed by atoms with Crippen LogP contribution >= 0.6 is 39.9 Å². The van der Waals surface area contributed by atoms with Gasteiger partial charge in [-0.2, -0.15) is 0 Å². The zero-order chi connectivity index (χ0) is 16.1. The van der Waals surface area contributed by atoms with Crippen LogP contribution in [0.1, 0.15) is 32.3 Å². The van der Waals surface area contributed by atoms with Gasteiger partial charge in [0, 0.05) is 16.6 Å². The van der Waals surface area contributed by atoms with Gasteiger partial charge in [-0.1, -0.05) is 53.8 Å². The highest BCUT2D eigenvalue weighted by Crippen LogP contribution is 2.35. The second-order valence-corrected chi connectivity index (χ2v) is 7.46. The van der Waals surface area contributed by atoms with Crippen molar-refractivity contribution >= 4 is 56.2 Å². The first-order chi connectivity index (χ1) is 10.6. The van der Waals surface area contributed by atoms with Crippen LogP contribution in [-0.2, 0) is 4.79 Å². The lowest BCUT2D eigenvalue weighted by molar-refractivity contribution is -0.122. The van der Waals surface area contributed by atoms with Gasteiger partial charge in [-0.3, -0.25) is 9.69 Å². The Morgan fingerprint density at radius 2 is 2.14 bits per heavy atom. The first-order valence-corrected chi connectivity index (χ1v) is 9.26. The minimum absolute atomic E-state index is 0.0155. The molecule has 1 aromatic carbocycles. The molecule has 118 valence electrons. The molecule has 0 aliphatic carbocycles. The van der Waals surface area contributed by atoms with Crippen molar-refractivity contribution in [2.45, 2.75) is 26.7 Å². The Kier molecular flexibility index (Phi) is 6.47. The molecule has 1 aromatic rings. The second-order valence-electron chi connectivity index (χ2n) is 4.86. The number of carbonyl (C=O) groups is 1. The van der Waals surface area contributed by atoms with Gasteiger partial charge in [0.05, 0.1) is 11.5 Å². The van der Waals surface area contributed by atoms with Crippen molar-refractivity contribution in [3.05, 3.63) is 33.1 Å². The van der Waals surface area contributed by atoms with Crippen molar-refractivity contribution in [3.8, 4) is 5.75 Å². The van der Waals surface area contributed by atoms with Crippen molar-refractivity contribution in [2.75, 3.05) is 13.2 Å². The number of thiocarbonyl (C=S) groups is 1. The maximum Gasteiger partial charge on any atom is 0.266 e. The van der Waals surface area contributed by atoms with Gasteiger partial charge in [0.25, 0.3) is 5.91 Å². The average molecular weight is 400 g/mol. The van der Waals surface area contributed by atoms with E-state index in [2.05, 4.69) is 22.9 Å². The molecule has 3 nitrogen and oxygen atoms in total. The van der Waals surface area contributed by atoms with Gasteiger partial charge in [0.2, 0.25) is 0 Å². The summed E-state index contributed by atoms with van der Waals surface area (Å²) in [6.07, 6.45) is 3.69. The first-order valence-electron chi connectivity index (χ1n) is 7.24. The van der Waals surface area contributed by atoms with E-state index in [1.807, 2.05) is 31.2 Å². The van der Waals surface area contributed by atoms with Gasteiger partial charge in [0.1, 0.15) is 10.1 Å². The lowest BCUT2D eigenvalue weighted by atomic mass is 10.2. The molecule has 6 heteroatoms. The summed E-state index contributed by atoms with van der Waals surface area (Å²) >= 11 is 10.1. The van der Waals surface area contributed by atoms with Gasteiger partial charge in [-0.15, -0.1) is 0 Å². The quantitative estimate of drug-likeness (QED) is 0.505. The van der Waals surface area contributed by atoms with Gasteiger partial charge in [-0.25, -0.2) is 0 Å². The maximum atomic E-state index is 12.4. The smallest absolute Gasteiger partial charge is 0.266 e. The zero-order valence-corrected chi connectivity index (χ0v) is 15.8. The topological polar surface area (TPSA) is 29.5 Å². The van der Waals surface area contributed by atoms with Crippen molar-refractivity contribution in [3.63, 3.8) is 0 Å². The molecule has 0 aromatic heterocycles.